The second kappa shape index (κ2) is 9.18. The molecule has 9 nitrogen and oxygen atoms in total. The van der Waals surface area contributed by atoms with Gasteiger partial charge in [0.15, 0.2) is 6.61 Å². The maximum Gasteiger partial charge on any atom is 0.341 e. The highest BCUT2D eigenvalue weighted by Gasteiger charge is 2.18. The van der Waals surface area contributed by atoms with Gasteiger partial charge in [0, 0.05) is 30.6 Å². The van der Waals surface area contributed by atoms with Crippen LogP contribution >= 0.6 is 0 Å². The first-order valence-electron chi connectivity index (χ1n) is 8.10. The van der Waals surface area contributed by atoms with Crippen LogP contribution in [0, 0.1) is 10.1 Å². The molecule has 0 spiro atoms. The van der Waals surface area contributed by atoms with Crippen molar-refractivity contribution in [3.63, 3.8) is 0 Å². The first-order chi connectivity index (χ1) is 12.9. The standard InChI is InChI=1S/C18H19N3O6/c1-3-26-14-7-4-12(5-8-14)20-17(22)11-27-18(23)15-10-13(21(24)25)6-9-16(15)19-2/h4-10,19H,3,11H2,1-2H3,(H,20,22). The number of ether oxygens (including phenoxy) is 2. The summed E-state index contributed by atoms with van der Waals surface area (Å²) in [5.74, 6) is -0.707. The lowest BCUT2D eigenvalue weighted by molar-refractivity contribution is -0.384. The quantitative estimate of drug-likeness (QED) is 0.415. The summed E-state index contributed by atoms with van der Waals surface area (Å²) >= 11 is 0. The molecule has 2 aromatic rings. The molecule has 2 aromatic carbocycles. The smallest absolute Gasteiger partial charge is 0.341 e. The number of hydrogen-bond donors (Lipinski definition) is 2. The average Bonchev–Trinajstić information content (AvgIpc) is 2.67. The highest BCUT2D eigenvalue weighted by Crippen LogP contribution is 2.22. The highest BCUT2D eigenvalue weighted by molar-refractivity contribution is 5.99. The van der Waals surface area contributed by atoms with E-state index in [2.05, 4.69) is 10.6 Å². The summed E-state index contributed by atoms with van der Waals surface area (Å²) in [6.45, 7) is 1.87. The van der Waals surface area contributed by atoms with E-state index < -0.39 is 23.4 Å². The number of amides is 1. The van der Waals surface area contributed by atoms with Gasteiger partial charge >= 0.3 is 5.97 Å². The zero-order chi connectivity index (χ0) is 19.8. The summed E-state index contributed by atoms with van der Waals surface area (Å²) in [4.78, 5) is 34.4. The molecule has 0 radical (unpaired) electrons. The van der Waals surface area contributed by atoms with Crippen molar-refractivity contribution in [2.24, 2.45) is 0 Å². The van der Waals surface area contributed by atoms with E-state index in [1.54, 1.807) is 31.3 Å². The molecule has 0 fully saturated rings. The van der Waals surface area contributed by atoms with E-state index in [1.807, 2.05) is 6.92 Å². The molecule has 142 valence electrons. The van der Waals surface area contributed by atoms with Gasteiger partial charge < -0.3 is 20.1 Å². The number of nitro groups is 1. The Hall–Kier alpha value is -3.62. The molecule has 0 unspecified atom stereocenters. The summed E-state index contributed by atoms with van der Waals surface area (Å²) < 4.78 is 10.3. The van der Waals surface area contributed by atoms with Gasteiger partial charge in [-0.05, 0) is 37.3 Å². The number of carbonyl (C=O) groups excluding carboxylic acids is 2. The van der Waals surface area contributed by atoms with Crippen molar-refractivity contribution in [1.29, 1.82) is 0 Å². The number of nitrogens with zero attached hydrogens (tertiary/aromatic N) is 1. The third kappa shape index (κ3) is 5.43. The SMILES string of the molecule is CCOc1ccc(NC(=O)COC(=O)c2cc([N+](=O)[O-])ccc2NC)cc1. The Labute approximate surface area is 155 Å². The number of nitro benzene ring substituents is 1. The Balaban J connectivity index is 1.97. The van der Waals surface area contributed by atoms with E-state index in [-0.39, 0.29) is 11.3 Å². The second-order valence-electron chi connectivity index (χ2n) is 5.32. The summed E-state index contributed by atoms with van der Waals surface area (Å²) in [6.07, 6.45) is 0. The number of hydrogen-bond acceptors (Lipinski definition) is 7. The molecule has 0 heterocycles. The van der Waals surface area contributed by atoms with Crippen molar-refractivity contribution in [3.05, 3.63) is 58.1 Å². The average molecular weight is 373 g/mol. The fraction of sp³-hybridized carbons (Fsp3) is 0.222. The Morgan fingerprint density at radius 3 is 2.44 bits per heavy atom. The molecule has 27 heavy (non-hydrogen) atoms. The van der Waals surface area contributed by atoms with Crippen LogP contribution in [0.3, 0.4) is 0 Å². The van der Waals surface area contributed by atoms with E-state index in [0.717, 1.165) is 6.07 Å². The first-order valence-corrected chi connectivity index (χ1v) is 8.10. The Morgan fingerprint density at radius 2 is 1.85 bits per heavy atom. The molecule has 0 saturated carbocycles. The van der Waals surface area contributed by atoms with Crippen LogP contribution in [-0.2, 0) is 9.53 Å². The number of rotatable bonds is 8. The van der Waals surface area contributed by atoms with Crippen molar-refractivity contribution >= 4 is 28.9 Å². The molecular formula is C18H19N3O6. The first kappa shape index (κ1) is 19.7. The molecule has 2 N–H and O–H groups in total. The van der Waals surface area contributed by atoms with Gasteiger partial charge in [-0.3, -0.25) is 14.9 Å². The normalized spacial score (nSPS) is 10.0. The molecule has 0 aliphatic heterocycles. The van der Waals surface area contributed by atoms with Gasteiger partial charge in [0.1, 0.15) is 5.75 Å². The fourth-order valence-corrected chi connectivity index (χ4v) is 2.24. The van der Waals surface area contributed by atoms with Crippen LogP contribution in [-0.4, -0.2) is 37.1 Å². The maximum atomic E-state index is 12.2. The Kier molecular flexibility index (Phi) is 6.70. The third-order valence-electron chi connectivity index (χ3n) is 3.49. The monoisotopic (exact) mass is 373 g/mol. The summed E-state index contributed by atoms with van der Waals surface area (Å²) in [7, 11) is 1.57. The molecule has 0 aliphatic rings. The van der Waals surface area contributed by atoms with Crippen LogP contribution in [0.5, 0.6) is 5.75 Å². The summed E-state index contributed by atoms with van der Waals surface area (Å²) in [5, 5.41) is 16.2. The molecular weight excluding hydrogens is 354 g/mol. The van der Waals surface area contributed by atoms with Crippen LogP contribution < -0.4 is 15.4 Å². The number of non-ortho nitro benzene ring substituents is 1. The lowest BCUT2D eigenvalue weighted by atomic mass is 10.1. The minimum Gasteiger partial charge on any atom is -0.494 e. The van der Waals surface area contributed by atoms with E-state index in [1.165, 1.54) is 12.1 Å². The maximum absolute atomic E-state index is 12.2. The van der Waals surface area contributed by atoms with Crippen LogP contribution in [0.1, 0.15) is 17.3 Å². The molecule has 0 saturated heterocycles. The minimum atomic E-state index is -0.843. The predicted molar refractivity (Wildman–Crippen MR) is 99.2 cm³/mol. The van der Waals surface area contributed by atoms with Gasteiger partial charge in [-0.25, -0.2) is 4.79 Å². The van der Waals surface area contributed by atoms with Crippen molar-refractivity contribution in [2.75, 3.05) is 30.9 Å². The van der Waals surface area contributed by atoms with Gasteiger partial charge in [0.2, 0.25) is 0 Å². The zero-order valence-electron chi connectivity index (χ0n) is 14.9. The van der Waals surface area contributed by atoms with E-state index in [0.29, 0.717) is 23.7 Å². The second-order valence-corrected chi connectivity index (χ2v) is 5.32. The molecule has 0 bridgehead atoms. The lowest BCUT2D eigenvalue weighted by Crippen LogP contribution is -2.21. The molecule has 9 heteroatoms. The Bertz CT molecular complexity index is 835. The van der Waals surface area contributed by atoms with Crippen molar-refractivity contribution in [2.45, 2.75) is 6.92 Å². The van der Waals surface area contributed by atoms with Gasteiger partial charge in [0.25, 0.3) is 11.6 Å². The van der Waals surface area contributed by atoms with E-state index >= 15 is 0 Å². The third-order valence-corrected chi connectivity index (χ3v) is 3.49. The molecule has 1 amide bonds. The van der Waals surface area contributed by atoms with E-state index in [9.17, 15) is 19.7 Å². The fourth-order valence-electron chi connectivity index (χ4n) is 2.24. The van der Waals surface area contributed by atoms with Gasteiger partial charge in [0.05, 0.1) is 17.1 Å². The number of anilines is 2. The molecule has 0 atom stereocenters. The van der Waals surface area contributed by atoms with Gasteiger partial charge in [-0.1, -0.05) is 0 Å². The van der Waals surface area contributed by atoms with Crippen LogP contribution in [0.2, 0.25) is 0 Å². The molecule has 0 aliphatic carbocycles. The zero-order valence-corrected chi connectivity index (χ0v) is 14.9. The predicted octanol–water partition coefficient (Wildman–Crippen LogP) is 2.83. The largest absolute Gasteiger partial charge is 0.494 e. The van der Waals surface area contributed by atoms with Gasteiger partial charge in [-0.2, -0.15) is 0 Å². The van der Waals surface area contributed by atoms with Crippen molar-refractivity contribution < 1.29 is 24.0 Å². The number of nitrogens with one attached hydrogen (secondary N) is 2. The van der Waals surface area contributed by atoms with Crippen LogP contribution in [0.4, 0.5) is 17.1 Å². The molecule has 0 aromatic heterocycles. The number of esters is 1. The topological polar surface area (TPSA) is 120 Å². The van der Waals surface area contributed by atoms with Crippen LogP contribution in [0.15, 0.2) is 42.5 Å². The number of benzene rings is 2. The molecule has 2 rings (SSSR count). The summed E-state index contributed by atoms with van der Waals surface area (Å²) in [5.41, 5.74) is 0.601. The highest BCUT2D eigenvalue weighted by atomic mass is 16.6. The van der Waals surface area contributed by atoms with Crippen LogP contribution in [0.25, 0.3) is 0 Å². The van der Waals surface area contributed by atoms with E-state index in [4.69, 9.17) is 9.47 Å². The minimum absolute atomic E-state index is 0.0273. The Morgan fingerprint density at radius 1 is 1.15 bits per heavy atom. The van der Waals surface area contributed by atoms with Gasteiger partial charge in [-0.15, -0.1) is 0 Å². The summed E-state index contributed by atoms with van der Waals surface area (Å²) in [6, 6.07) is 10.5. The van der Waals surface area contributed by atoms with Crippen molar-refractivity contribution in [3.8, 4) is 5.75 Å². The van der Waals surface area contributed by atoms with Crippen molar-refractivity contribution in [1.82, 2.24) is 0 Å². The lowest BCUT2D eigenvalue weighted by Gasteiger charge is -2.10. The number of carbonyl (C=O) groups is 2.